The summed E-state index contributed by atoms with van der Waals surface area (Å²) in [5, 5.41) is 21.1. The van der Waals surface area contributed by atoms with E-state index in [0.717, 1.165) is 54.1 Å². The van der Waals surface area contributed by atoms with Crippen LogP contribution in [0, 0.1) is 5.92 Å². The maximum Gasteiger partial charge on any atom is 0.222 e. The molecule has 1 aromatic carbocycles. The molecule has 1 aliphatic heterocycles. The smallest absolute Gasteiger partial charge is 0.222 e. The summed E-state index contributed by atoms with van der Waals surface area (Å²) >= 11 is 6.33. The minimum absolute atomic E-state index is 0.260. The highest BCUT2D eigenvalue weighted by molar-refractivity contribution is 6.30. The van der Waals surface area contributed by atoms with Crippen molar-refractivity contribution in [3.8, 4) is 0 Å². The van der Waals surface area contributed by atoms with Crippen LogP contribution in [0.3, 0.4) is 0 Å². The van der Waals surface area contributed by atoms with Crippen molar-refractivity contribution in [3.05, 3.63) is 94.0 Å². The monoisotopic (exact) mass is 436 g/mol. The van der Waals surface area contributed by atoms with Gasteiger partial charge in [-0.15, -0.1) is 0 Å². The molecule has 5 rings (SSSR count). The number of pyridine rings is 2. The molecule has 2 aliphatic rings. The Morgan fingerprint density at radius 2 is 1.77 bits per heavy atom. The summed E-state index contributed by atoms with van der Waals surface area (Å²) in [5.74, 6) is 0.723. The van der Waals surface area contributed by atoms with Gasteiger partial charge in [0, 0.05) is 52.7 Å². The average molecular weight is 437 g/mol. The van der Waals surface area contributed by atoms with E-state index in [1.54, 1.807) is 24.5 Å². The Morgan fingerprint density at radius 3 is 2.55 bits per heavy atom. The number of fused-ring (bicyclic) bond motifs is 2. The van der Waals surface area contributed by atoms with Gasteiger partial charge in [0.05, 0.1) is 5.69 Å². The van der Waals surface area contributed by atoms with Crippen LogP contribution in [0.5, 0.6) is 0 Å². The van der Waals surface area contributed by atoms with Crippen molar-refractivity contribution in [2.45, 2.75) is 37.8 Å². The first-order valence-corrected chi connectivity index (χ1v) is 11.3. The Hall–Kier alpha value is -2.47. The molecule has 5 nitrogen and oxygen atoms in total. The Labute approximate surface area is 187 Å². The van der Waals surface area contributed by atoms with E-state index in [0.29, 0.717) is 5.92 Å². The van der Waals surface area contributed by atoms with Crippen LogP contribution in [0.1, 0.15) is 52.9 Å². The summed E-state index contributed by atoms with van der Waals surface area (Å²) in [6.07, 6.45) is 8.30. The van der Waals surface area contributed by atoms with Gasteiger partial charge < -0.3 is 5.11 Å². The summed E-state index contributed by atoms with van der Waals surface area (Å²) in [6, 6.07) is 14.1. The molecule has 2 N–H and O–H groups in total. The number of aliphatic hydroxyl groups excluding tert-OH is 1. The number of hydrogen-bond donors (Lipinski definition) is 2. The summed E-state index contributed by atoms with van der Waals surface area (Å²) in [7, 11) is 0. The number of halogens is 1. The van der Waals surface area contributed by atoms with E-state index < -0.39 is 6.23 Å². The Balaban J connectivity index is 1.40. The van der Waals surface area contributed by atoms with Crippen molar-refractivity contribution in [1.29, 1.82) is 0 Å². The van der Waals surface area contributed by atoms with Crippen molar-refractivity contribution in [2.75, 3.05) is 13.1 Å². The predicted octanol–water partition coefficient (Wildman–Crippen LogP) is 3.89. The van der Waals surface area contributed by atoms with Crippen molar-refractivity contribution in [2.24, 2.45) is 5.92 Å². The fraction of sp³-hybridized carbons (Fsp3) is 0.360. The van der Waals surface area contributed by atoms with Crippen molar-refractivity contribution in [1.82, 2.24) is 9.88 Å². The largest absolute Gasteiger partial charge is 0.374 e. The van der Waals surface area contributed by atoms with Crippen LogP contribution in [-0.2, 0) is 12.8 Å². The molecule has 6 heteroatoms. The van der Waals surface area contributed by atoms with E-state index in [1.165, 1.54) is 22.4 Å². The lowest BCUT2D eigenvalue weighted by Gasteiger charge is -2.38. The van der Waals surface area contributed by atoms with Crippen LogP contribution >= 0.6 is 11.6 Å². The number of benzene rings is 1. The molecule has 0 saturated carbocycles. The van der Waals surface area contributed by atoms with Crippen LogP contribution in [0.15, 0.2) is 61.1 Å². The molecule has 0 amide bonds. The molecule has 2 atom stereocenters. The number of hydrogen-bond acceptors (Lipinski definition) is 4. The molecule has 0 radical (unpaired) electrons. The molecule has 1 fully saturated rings. The number of aliphatic hydroxyl groups is 1. The van der Waals surface area contributed by atoms with Crippen LogP contribution in [0.2, 0.25) is 5.02 Å². The Bertz CT molecular complexity index is 1060. The molecular weight excluding hydrogens is 410 g/mol. The number of nitrogens with zero attached hydrogens (tertiary/aromatic N) is 3. The molecule has 2 unspecified atom stereocenters. The second-order valence-electron chi connectivity index (χ2n) is 8.63. The average Bonchev–Trinajstić information content (AvgIpc) is 2.96. The second kappa shape index (κ2) is 8.58. The quantitative estimate of drug-likeness (QED) is 0.483. The molecule has 3 heterocycles. The third-order valence-corrected chi connectivity index (χ3v) is 7.09. The van der Waals surface area contributed by atoms with E-state index in [1.807, 2.05) is 18.3 Å². The first-order valence-electron chi connectivity index (χ1n) is 10.9. The zero-order valence-corrected chi connectivity index (χ0v) is 18.1. The first kappa shape index (κ1) is 20.4. The van der Waals surface area contributed by atoms with Crippen molar-refractivity contribution < 1.29 is 15.0 Å². The SMILES string of the molecule is OC(c1cc[n+](O)cc1)N1CCC(C2c3ccc(Cl)cc3CCc3cccnc32)CC1. The van der Waals surface area contributed by atoms with Gasteiger partial charge in [-0.2, -0.15) is 0 Å². The third kappa shape index (κ3) is 4.05. The van der Waals surface area contributed by atoms with Crippen LogP contribution in [0.25, 0.3) is 0 Å². The summed E-state index contributed by atoms with van der Waals surface area (Å²) in [6.45, 7) is 1.64. The molecule has 0 bridgehead atoms. The molecule has 1 saturated heterocycles. The second-order valence-corrected chi connectivity index (χ2v) is 9.06. The minimum Gasteiger partial charge on any atom is -0.374 e. The van der Waals surface area contributed by atoms with E-state index in [4.69, 9.17) is 16.6 Å². The number of piperidine rings is 1. The van der Waals surface area contributed by atoms with Gasteiger partial charge in [0.2, 0.25) is 12.4 Å². The fourth-order valence-electron chi connectivity index (χ4n) is 5.24. The van der Waals surface area contributed by atoms with E-state index in [-0.39, 0.29) is 5.92 Å². The molecule has 3 aromatic rings. The lowest BCUT2D eigenvalue weighted by Crippen LogP contribution is -2.39. The van der Waals surface area contributed by atoms with Crippen molar-refractivity contribution >= 4 is 11.6 Å². The molecule has 160 valence electrons. The van der Waals surface area contributed by atoms with Crippen LogP contribution in [0.4, 0.5) is 0 Å². The molecule has 31 heavy (non-hydrogen) atoms. The third-order valence-electron chi connectivity index (χ3n) is 6.85. The number of aryl methyl sites for hydroxylation is 2. The highest BCUT2D eigenvalue weighted by atomic mass is 35.5. The maximum absolute atomic E-state index is 10.8. The standard InChI is InChI=1S/C25H27ClN3O2/c26-21-5-6-22-20(16-21)4-3-18-2-1-11-27-24(18)23(22)17-7-12-28(13-8-17)25(30)19-9-14-29(31)15-10-19/h1-2,5-6,9-11,14-17,23,25,30-31H,3-4,7-8,12-13H2/q+1. The zero-order chi connectivity index (χ0) is 21.4. The van der Waals surface area contributed by atoms with Gasteiger partial charge in [-0.3, -0.25) is 15.1 Å². The highest BCUT2D eigenvalue weighted by Gasteiger charge is 2.35. The molecular formula is C25H27ClN3O2+. The summed E-state index contributed by atoms with van der Waals surface area (Å²) < 4.78 is 0.989. The van der Waals surface area contributed by atoms with Gasteiger partial charge in [0.25, 0.3) is 0 Å². The van der Waals surface area contributed by atoms with Gasteiger partial charge in [-0.25, -0.2) is 0 Å². The number of likely N-dealkylation sites (tertiary alicyclic amines) is 1. The van der Waals surface area contributed by atoms with E-state index >= 15 is 0 Å². The number of aromatic nitrogens is 2. The number of rotatable bonds is 3. The zero-order valence-electron chi connectivity index (χ0n) is 17.4. The van der Waals surface area contributed by atoms with E-state index in [2.05, 4.69) is 23.1 Å². The predicted molar refractivity (Wildman–Crippen MR) is 118 cm³/mol. The maximum atomic E-state index is 10.8. The van der Waals surface area contributed by atoms with Gasteiger partial charge in [0.1, 0.15) is 6.23 Å². The lowest BCUT2D eigenvalue weighted by molar-refractivity contribution is -0.904. The Morgan fingerprint density at radius 1 is 1.03 bits per heavy atom. The Kier molecular flexibility index (Phi) is 5.65. The van der Waals surface area contributed by atoms with Gasteiger partial charge >= 0.3 is 0 Å². The van der Waals surface area contributed by atoms with Gasteiger partial charge in [-0.05, 0) is 66.5 Å². The molecule has 1 aliphatic carbocycles. The van der Waals surface area contributed by atoms with Crippen LogP contribution in [-0.4, -0.2) is 33.3 Å². The van der Waals surface area contributed by atoms with Gasteiger partial charge in [0.15, 0.2) is 0 Å². The lowest BCUT2D eigenvalue weighted by atomic mass is 9.76. The first-order chi connectivity index (χ1) is 15.1. The van der Waals surface area contributed by atoms with Crippen LogP contribution < -0.4 is 4.73 Å². The highest BCUT2D eigenvalue weighted by Crippen LogP contribution is 2.43. The minimum atomic E-state index is -0.659. The molecule has 2 aromatic heterocycles. The fourth-order valence-corrected chi connectivity index (χ4v) is 5.44. The van der Waals surface area contributed by atoms with E-state index in [9.17, 15) is 10.3 Å². The van der Waals surface area contributed by atoms with Crippen molar-refractivity contribution in [3.63, 3.8) is 0 Å². The van der Waals surface area contributed by atoms with Gasteiger partial charge in [-0.1, -0.05) is 23.7 Å². The normalized spacial score (nSPS) is 20.5. The topological polar surface area (TPSA) is 60.5 Å². The summed E-state index contributed by atoms with van der Waals surface area (Å²) in [4.78, 5) is 6.96. The molecule has 0 spiro atoms. The summed E-state index contributed by atoms with van der Waals surface area (Å²) in [5.41, 5.74) is 6.03.